The summed E-state index contributed by atoms with van der Waals surface area (Å²) in [6.45, 7) is 4.68. The Bertz CT molecular complexity index is 724. The van der Waals surface area contributed by atoms with Crippen molar-refractivity contribution in [2.75, 3.05) is 18.1 Å². The van der Waals surface area contributed by atoms with E-state index in [-0.39, 0.29) is 16.4 Å². The molecule has 2 rings (SSSR count). The van der Waals surface area contributed by atoms with Crippen LogP contribution in [-0.4, -0.2) is 46.2 Å². The van der Waals surface area contributed by atoms with E-state index in [4.69, 9.17) is 0 Å². The van der Waals surface area contributed by atoms with Gasteiger partial charge in [-0.15, -0.1) is 0 Å². The van der Waals surface area contributed by atoms with Gasteiger partial charge >= 0.3 is 0 Å². The van der Waals surface area contributed by atoms with Crippen molar-refractivity contribution < 1.29 is 16.8 Å². The fraction of sp³-hybridized carbons (Fsp3) is 0.625. The average molecular weight is 360 g/mol. The minimum atomic E-state index is -3.66. The van der Waals surface area contributed by atoms with Gasteiger partial charge in [-0.25, -0.2) is 16.8 Å². The highest BCUT2D eigenvalue weighted by Gasteiger charge is 2.45. The maximum atomic E-state index is 12.9. The number of aryl methyl sites for hydroxylation is 1. The molecule has 1 aromatic carbocycles. The van der Waals surface area contributed by atoms with Gasteiger partial charge in [0, 0.05) is 6.04 Å². The fourth-order valence-corrected chi connectivity index (χ4v) is 7.58. The molecule has 1 heterocycles. The van der Waals surface area contributed by atoms with Gasteiger partial charge in [-0.2, -0.15) is 0 Å². The summed E-state index contributed by atoms with van der Waals surface area (Å²) in [5, 5.41) is 2.22. The van der Waals surface area contributed by atoms with Gasteiger partial charge in [-0.3, -0.25) is 0 Å². The molecule has 1 aromatic rings. The molecule has 0 aliphatic carbocycles. The number of sulfone groups is 2. The van der Waals surface area contributed by atoms with Gasteiger partial charge in [-0.05, 0) is 37.1 Å². The summed E-state index contributed by atoms with van der Waals surface area (Å²) < 4.78 is 49.6. The Morgan fingerprint density at radius 2 is 1.78 bits per heavy atom. The van der Waals surface area contributed by atoms with Crippen LogP contribution in [0.4, 0.5) is 0 Å². The molecular weight excluding hydrogens is 334 g/mol. The fourth-order valence-electron chi connectivity index (χ4n) is 2.87. The van der Waals surface area contributed by atoms with Crippen LogP contribution in [0.1, 0.15) is 32.3 Å². The van der Waals surface area contributed by atoms with Crippen molar-refractivity contribution in [2.24, 2.45) is 0 Å². The molecule has 0 saturated carbocycles. The monoisotopic (exact) mass is 359 g/mol. The van der Waals surface area contributed by atoms with Gasteiger partial charge in [0.2, 0.25) is 0 Å². The molecule has 0 bridgehead atoms. The van der Waals surface area contributed by atoms with Crippen molar-refractivity contribution >= 4 is 19.7 Å². The predicted octanol–water partition coefficient (Wildman–Crippen LogP) is 1.58. The first-order chi connectivity index (χ1) is 10.8. The Hall–Kier alpha value is -0.920. The van der Waals surface area contributed by atoms with Gasteiger partial charge in [0.25, 0.3) is 0 Å². The van der Waals surface area contributed by atoms with E-state index in [1.54, 1.807) is 24.3 Å². The largest absolute Gasteiger partial charge is 0.312 e. The second kappa shape index (κ2) is 7.32. The number of hydrogen-bond acceptors (Lipinski definition) is 5. The van der Waals surface area contributed by atoms with Crippen molar-refractivity contribution in [3.05, 3.63) is 29.8 Å². The SMILES string of the molecule is CCCCN[C@@H]1CS(=O)(=O)C[C@@H]1S(=O)(=O)c1ccc(CC)cc1. The summed E-state index contributed by atoms with van der Waals surface area (Å²) in [4.78, 5) is 0.207. The van der Waals surface area contributed by atoms with Crippen molar-refractivity contribution in [3.8, 4) is 0 Å². The molecule has 1 aliphatic heterocycles. The van der Waals surface area contributed by atoms with Crippen LogP contribution in [0.3, 0.4) is 0 Å². The first-order valence-corrected chi connectivity index (χ1v) is 11.4. The maximum Gasteiger partial charge on any atom is 0.183 e. The third-order valence-corrected chi connectivity index (χ3v) is 8.46. The molecular formula is C16H25NO4S2. The van der Waals surface area contributed by atoms with Crippen LogP contribution in [0.5, 0.6) is 0 Å². The van der Waals surface area contributed by atoms with Gasteiger partial charge in [0.1, 0.15) is 0 Å². The summed E-state index contributed by atoms with van der Waals surface area (Å²) >= 11 is 0. The normalized spacial score (nSPS) is 23.9. The molecule has 1 aliphatic rings. The Kier molecular flexibility index (Phi) is 5.86. The second-order valence-corrected chi connectivity index (χ2v) is 10.4. The molecule has 0 unspecified atom stereocenters. The molecule has 1 fully saturated rings. The zero-order valence-corrected chi connectivity index (χ0v) is 15.3. The van der Waals surface area contributed by atoms with E-state index < -0.39 is 31.0 Å². The smallest absolute Gasteiger partial charge is 0.183 e. The van der Waals surface area contributed by atoms with Crippen molar-refractivity contribution in [1.29, 1.82) is 0 Å². The molecule has 5 nitrogen and oxygen atoms in total. The third-order valence-electron chi connectivity index (χ3n) is 4.30. The van der Waals surface area contributed by atoms with Crippen molar-refractivity contribution in [3.63, 3.8) is 0 Å². The number of hydrogen-bond donors (Lipinski definition) is 1. The molecule has 130 valence electrons. The summed E-state index contributed by atoms with van der Waals surface area (Å²) in [6.07, 6.45) is 2.70. The third kappa shape index (κ3) is 4.33. The summed E-state index contributed by atoms with van der Waals surface area (Å²) in [5.41, 5.74) is 1.06. The lowest BCUT2D eigenvalue weighted by Crippen LogP contribution is -2.43. The Morgan fingerprint density at radius 1 is 1.13 bits per heavy atom. The van der Waals surface area contributed by atoms with Crippen molar-refractivity contribution in [2.45, 2.75) is 49.3 Å². The number of benzene rings is 1. The lowest BCUT2D eigenvalue weighted by atomic mass is 10.2. The number of rotatable bonds is 7. The highest BCUT2D eigenvalue weighted by Crippen LogP contribution is 2.26. The highest BCUT2D eigenvalue weighted by molar-refractivity contribution is 7.96. The minimum Gasteiger partial charge on any atom is -0.312 e. The van der Waals surface area contributed by atoms with Crippen LogP contribution in [-0.2, 0) is 26.1 Å². The Morgan fingerprint density at radius 3 is 2.35 bits per heavy atom. The predicted molar refractivity (Wildman–Crippen MR) is 92.1 cm³/mol. The second-order valence-electron chi connectivity index (χ2n) is 6.07. The molecule has 7 heteroatoms. The quantitative estimate of drug-likeness (QED) is 0.748. The van der Waals surface area contributed by atoms with E-state index in [1.165, 1.54) is 0 Å². The summed E-state index contributed by atoms with van der Waals surface area (Å²) in [6, 6.07) is 6.22. The zero-order valence-electron chi connectivity index (χ0n) is 13.7. The molecule has 0 spiro atoms. The standard InChI is InChI=1S/C16H25NO4S2/c1-3-5-10-17-15-11-22(18,19)12-16(15)23(20,21)14-8-6-13(4-2)7-9-14/h6-9,15-17H,3-5,10-12H2,1-2H3/t15-,16+/m1/s1. The van der Waals surface area contributed by atoms with Gasteiger partial charge in [0.15, 0.2) is 19.7 Å². The summed E-state index contributed by atoms with van der Waals surface area (Å²) in [7, 11) is -6.99. The Labute approximate surface area is 139 Å². The molecule has 1 N–H and O–H groups in total. The van der Waals surface area contributed by atoms with Crippen LogP contribution in [0.25, 0.3) is 0 Å². The maximum absolute atomic E-state index is 12.9. The molecule has 2 atom stereocenters. The van der Waals surface area contributed by atoms with E-state index in [0.717, 1.165) is 24.8 Å². The van der Waals surface area contributed by atoms with E-state index in [0.29, 0.717) is 6.54 Å². The van der Waals surface area contributed by atoms with Crippen LogP contribution in [0.15, 0.2) is 29.2 Å². The zero-order chi connectivity index (χ0) is 17.1. The topological polar surface area (TPSA) is 80.3 Å². The summed E-state index contributed by atoms with van der Waals surface area (Å²) in [5.74, 6) is -0.400. The van der Waals surface area contributed by atoms with Gasteiger partial charge in [0.05, 0.1) is 21.7 Å². The van der Waals surface area contributed by atoms with Crippen LogP contribution < -0.4 is 5.32 Å². The molecule has 1 saturated heterocycles. The van der Waals surface area contributed by atoms with Crippen LogP contribution in [0.2, 0.25) is 0 Å². The lowest BCUT2D eigenvalue weighted by Gasteiger charge is -2.20. The average Bonchev–Trinajstić information content (AvgIpc) is 2.83. The van der Waals surface area contributed by atoms with Gasteiger partial charge < -0.3 is 5.32 Å². The first-order valence-electron chi connectivity index (χ1n) is 8.07. The van der Waals surface area contributed by atoms with Crippen molar-refractivity contribution in [1.82, 2.24) is 5.32 Å². The Balaban J connectivity index is 2.27. The molecule has 0 radical (unpaired) electrons. The van der Waals surface area contributed by atoms with E-state index in [1.807, 2.05) is 13.8 Å². The van der Waals surface area contributed by atoms with Crippen LogP contribution in [0, 0.1) is 0 Å². The highest BCUT2D eigenvalue weighted by atomic mass is 32.2. The molecule has 0 amide bonds. The van der Waals surface area contributed by atoms with Crippen LogP contribution >= 0.6 is 0 Å². The minimum absolute atomic E-state index is 0.104. The number of unbranched alkanes of at least 4 members (excludes halogenated alkanes) is 1. The van der Waals surface area contributed by atoms with Gasteiger partial charge in [-0.1, -0.05) is 32.4 Å². The van der Waals surface area contributed by atoms with E-state index >= 15 is 0 Å². The van der Waals surface area contributed by atoms with E-state index in [2.05, 4.69) is 5.32 Å². The molecule has 0 aromatic heterocycles. The molecule has 23 heavy (non-hydrogen) atoms. The number of nitrogens with one attached hydrogen (secondary N) is 1. The van der Waals surface area contributed by atoms with E-state index in [9.17, 15) is 16.8 Å². The first kappa shape index (κ1) is 18.4. The lowest BCUT2D eigenvalue weighted by molar-refractivity contribution is 0.518.